The van der Waals surface area contributed by atoms with Crippen molar-refractivity contribution in [3.05, 3.63) is 0 Å². The Labute approximate surface area is 67.8 Å². The third-order valence-corrected chi connectivity index (χ3v) is 2.49. The van der Waals surface area contributed by atoms with E-state index in [1.165, 1.54) is 6.92 Å². The smallest absolute Gasteiger partial charge is 0.324 e. The van der Waals surface area contributed by atoms with Crippen LogP contribution in [0, 0.1) is 0 Å². The van der Waals surface area contributed by atoms with Crippen LogP contribution in [0.4, 0.5) is 8.78 Å². The molecule has 0 rings (SSSR count). The van der Waals surface area contributed by atoms with Crippen molar-refractivity contribution in [3.8, 4) is 0 Å². The van der Waals surface area contributed by atoms with Gasteiger partial charge in [-0.05, 0) is 0 Å². The molecule has 68 valence electrons. The maximum Gasteiger partial charge on any atom is 0.375 e. The fourth-order valence-corrected chi connectivity index (χ4v) is 1.04. The van der Waals surface area contributed by atoms with E-state index in [0.29, 0.717) is 0 Å². The predicted molar refractivity (Wildman–Crippen MR) is 37.1 cm³/mol. The second-order valence-electron chi connectivity index (χ2n) is 1.82. The van der Waals surface area contributed by atoms with Gasteiger partial charge in [-0.3, -0.25) is 4.57 Å². The lowest BCUT2D eigenvalue weighted by molar-refractivity contribution is -0.159. The monoisotopic (exact) mass is 208 g/mol. The summed E-state index contributed by atoms with van der Waals surface area (Å²) in [4.78, 5) is 8.58. The second-order valence-corrected chi connectivity index (χ2v) is 4.17. The van der Waals surface area contributed by atoms with Crippen LogP contribution >= 0.6 is 19.2 Å². The van der Waals surface area contributed by atoms with Crippen LogP contribution in [-0.4, -0.2) is 23.0 Å². The van der Waals surface area contributed by atoms with Gasteiger partial charge in [0.1, 0.15) is 5.88 Å². The predicted octanol–water partition coefficient (Wildman–Crippen LogP) is 2.04. The lowest BCUT2D eigenvalue weighted by atomic mass is 10.8. The van der Waals surface area contributed by atoms with E-state index in [1.54, 1.807) is 0 Å². The Balaban J connectivity index is 4.14. The van der Waals surface area contributed by atoms with Crippen LogP contribution in [0.1, 0.15) is 6.92 Å². The van der Waals surface area contributed by atoms with Crippen molar-refractivity contribution in [2.75, 3.05) is 12.0 Å². The second kappa shape index (κ2) is 3.81. The van der Waals surface area contributed by atoms with Gasteiger partial charge >= 0.3 is 13.7 Å². The molecule has 7 heteroatoms. The van der Waals surface area contributed by atoms with Crippen molar-refractivity contribution in [2.24, 2.45) is 0 Å². The molecule has 0 aromatic heterocycles. The van der Waals surface area contributed by atoms with Crippen LogP contribution < -0.4 is 0 Å². The Hall–Kier alpha value is 0.300. The molecular formula is C4H8ClF2O3P. The Morgan fingerprint density at radius 1 is 1.73 bits per heavy atom. The van der Waals surface area contributed by atoms with Gasteiger partial charge in [-0.2, -0.15) is 8.78 Å². The molecule has 0 fully saturated rings. The topological polar surface area (TPSA) is 46.5 Å². The third-order valence-electron chi connectivity index (χ3n) is 0.831. The maximum atomic E-state index is 12.1. The zero-order chi connectivity index (χ0) is 9.12. The molecule has 0 radical (unpaired) electrons. The van der Waals surface area contributed by atoms with Crippen LogP contribution in [0.25, 0.3) is 0 Å². The number of alkyl halides is 3. The Bertz CT molecular complexity index is 175. The van der Waals surface area contributed by atoms with Crippen molar-refractivity contribution >= 4 is 19.2 Å². The Kier molecular flexibility index (Phi) is 3.91. The summed E-state index contributed by atoms with van der Waals surface area (Å²) in [5.74, 6) is -1.13. The van der Waals surface area contributed by atoms with E-state index in [-0.39, 0.29) is 6.16 Å². The normalized spacial score (nSPS) is 17.9. The average Bonchev–Trinajstić information content (AvgIpc) is 1.86. The van der Waals surface area contributed by atoms with Gasteiger partial charge in [-0.25, -0.2) is 4.52 Å². The Morgan fingerprint density at radius 2 is 2.18 bits per heavy atom. The summed E-state index contributed by atoms with van der Waals surface area (Å²) in [6.07, 6.45) is -4.08. The summed E-state index contributed by atoms with van der Waals surface area (Å²) in [6.45, 7) is 1.27. The van der Waals surface area contributed by atoms with Crippen molar-refractivity contribution in [1.82, 2.24) is 0 Å². The van der Waals surface area contributed by atoms with Crippen LogP contribution in [-0.2, 0) is 9.09 Å². The van der Waals surface area contributed by atoms with Crippen LogP contribution in [0.2, 0.25) is 0 Å². The number of hydrogen-bond donors (Lipinski definition) is 1. The highest BCUT2D eigenvalue weighted by Crippen LogP contribution is 2.46. The SMILES string of the molecule is CCP(=O)(O)OC(F)(F)CCl. The zero-order valence-electron chi connectivity index (χ0n) is 5.76. The van der Waals surface area contributed by atoms with E-state index in [1.807, 2.05) is 0 Å². The van der Waals surface area contributed by atoms with E-state index in [4.69, 9.17) is 16.5 Å². The molecule has 0 aromatic rings. The molecule has 0 aliphatic carbocycles. The standard InChI is InChI=1S/C4H8ClF2O3P/c1-2-11(8,9)10-4(6,7)3-5/h2-3H2,1H3,(H,8,9). The van der Waals surface area contributed by atoms with Crippen molar-refractivity contribution in [1.29, 1.82) is 0 Å². The van der Waals surface area contributed by atoms with Gasteiger partial charge in [-0.1, -0.05) is 6.92 Å². The molecule has 0 aromatic carbocycles. The van der Waals surface area contributed by atoms with Crippen LogP contribution in [0.5, 0.6) is 0 Å². The summed E-state index contributed by atoms with van der Waals surface area (Å²) in [7, 11) is -4.15. The highest BCUT2D eigenvalue weighted by molar-refractivity contribution is 7.52. The fraction of sp³-hybridized carbons (Fsp3) is 1.00. The van der Waals surface area contributed by atoms with Gasteiger partial charge < -0.3 is 4.89 Å². The van der Waals surface area contributed by atoms with E-state index in [0.717, 1.165) is 0 Å². The Morgan fingerprint density at radius 3 is 2.45 bits per heavy atom. The number of hydrogen-bond acceptors (Lipinski definition) is 2. The number of halogens is 3. The van der Waals surface area contributed by atoms with Crippen LogP contribution in [0.3, 0.4) is 0 Å². The first-order valence-electron chi connectivity index (χ1n) is 2.79. The highest BCUT2D eigenvalue weighted by Gasteiger charge is 2.36. The number of rotatable bonds is 4. The minimum absolute atomic E-state index is 0.362. The molecule has 0 bridgehead atoms. The molecule has 1 N–H and O–H groups in total. The molecule has 3 nitrogen and oxygen atoms in total. The minimum atomic E-state index is -4.15. The summed E-state index contributed by atoms with van der Waals surface area (Å²) in [5, 5.41) is 0. The molecule has 0 heterocycles. The molecule has 0 saturated heterocycles. The van der Waals surface area contributed by atoms with Gasteiger partial charge in [0.25, 0.3) is 0 Å². The molecule has 11 heavy (non-hydrogen) atoms. The molecule has 0 amide bonds. The molecule has 0 saturated carbocycles. The highest BCUT2D eigenvalue weighted by atomic mass is 35.5. The fourth-order valence-electron chi connectivity index (χ4n) is 0.298. The summed E-state index contributed by atoms with van der Waals surface area (Å²) < 4.78 is 38.4. The van der Waals surface area contributed by atoms with Crippen molar-refractivity contribution in [2.45, 2.75) is 13.0 Å². The first-order valence-corrected chi connectivity index (χ1v) is 5.09. The van der Waals surface area contributed by atoms with Gasteiger partial charge in [0, 0.05) is 6.16 Å². The van der Waals surface area contributed by atoms with Crippen LogP contribution in [0.15, 0.2) is 0 Å². The van der Waals surface area contributed by atoms with E-state index >= 15 is 0 Å². The first-order chi connectivity index (χ1) is 4.83. The van der Waals surface area contributed by atoms with Gasteiger partial charge in [-0.15, -0.1) is 11.6 Å². The third kappa shape index (κ3) is 4.69. The van der Waals surface area contributed by atoms with Crippen molar-refractivity contribution < 1.29 is 22.8 Å². The summed E-state index contributed by atoms with van der Waals surface area (Å²) >= 11 is 4.75. The first kappa shape index (κ1) is 11.3. The minimum Gasteiger partial charge on any atom is -0.324 e. The van der Waals surface area contributed by atoms with Gasteiger partial charge in [0.2, 0.25) is 0 Å². The molecule has 0 aliphatic rings. The zero-order valence-corrected chi connectivity index (χ0v) is 7.41. The van der Waals surface area contributed by atoms with E-state index in [9.17, 15) is 13.3 Å². The molecule has 1 unspecified atom stereocenters. The van der Waals surface area contributed by atoms with Gasteiger partial charge in [0.05, 0.1) is 0 Å². The molecule has 1 atom stereocenters. The molecular weight excluding hydrogens is 200 g/mol. The largest absolute Gasteiger partial charge is 0.375 e. The summed E-state index contributed by atoms with van der Waals surface area (Å²) in [5.41, 5.74) is 0. The van der Waals surface area contributed by atoms with Gasteiger partial charge in [0.15, 0.2) is 0 Å². The van der Waals surface area contributed by atoms with E-state index < -0.39 is 19.6 Å². The summed E-state index contributed by atoms with van der Waals surface area (Å²) in [6, 6.07) is 0. The molecule has 0 aliphatic heterocycles. The molecule has 0 spiro atoms. The quantitative estimate of drug-likeness (QED) is 0.568. The average molecular weight is 209 g/mol. The van der Waals surface area contributed by atoms with E-state index in [2.05, 4.69) is 4.52 Å². The lowest BCUT2D eigenvalue weighted by Crippen LogP contribution is -2.21. The maximum absolute atomic E-state index is 12.1. The lowest BCUT2D eigenvalue weighted by Gasteiger charge is -2.16. The van der Waals surface area contributed by atoms with Crippen molar-refractivity contribution in [3.63, 3.8) is 0 Å².